The first-order valence-electron chi connectivity index (χ1n) is 8.50. The molecule has 4 aromatic rings. The Balaban J connectivity index is 1.89. The number of hydrogen-bond acceptors (Lipinski definition) is 2. The van der Waals surface area contributed by atoms with Crippen LogP contribution < -0.4 is 0 Å². The molecule has 1 aromatic heterocycles. The first-order chi connectivity index (χ1) is 13.7. The van der Waals surface area contributed by atoms with E-state index in [0.29, 0.717) is 17.0 Å². The average molecular weight is 421 g/mol. The second-order valence-electron chi connectivity index (χ2n) is 6.50. The van der Waals surface area contributed by atoms with E-state index in [1.165, 1.54) is 18.3 Å². The lowest BCUT2D eigenvalue weighted by atomic mass is 9.85. The Kier molecular flexibility index (Phi) is 4.59. The van der Waals surface area contributed by atoms with Crippen LogP contribution in [0, 0.1) is 5.82 Å². The van der Waals surface area contributed by atoms with Crippen LogP contribution in [0.4, 0.5) is 17.6 Å². The highest BCUT2D eigenvalue weighted by molar-refractivity contribution is 6.30. The Bertz CT molecular complexity index is 1190. The zero-order valence-electron chi connectivity index (χ0n) is 14.7. The van der Waals surface area contributed by atoms with Crippen LogP contribution in [0.2, 0.25) is 5.02 Å². The minimum Gasteiger partial charge on any atom is -0.372 e. The topological polar surface area (TPSA) is 38.1 Å². The largest absolute Gasteiger partial charge is 0.425 e. The van der Waals surface area contributed by atoms with E-state index in [9.17, 15) is 22.7 Å². The standard InChI is InChI=1S/C21H13ClF4N2O/c22-17-8-6-15(11-18(17)23)20(29,21(24,25)26)14-7-9-19-13(10-14)12-27-28(19)16-4-2-1-3-5-16/h1-12,29H. The highest BCUT2D eigenvalue weighted by Gasteiger charge is 2.56. The van der Waals surface area contributed by atoms with Crippen molar-refractivity contribution in [1.82, 2.24) is 9.78 Å². The molecule has 0 bridgehead atoms. The molecule has 0 aliphatic rings. The van der Waals surface area contributed by atoms with Gasteiger partial charge in [0.1, 0.15) is 5.82 Å². The molecule has 0 aliphatic heterocycles. The summed E-state index contributed by atoms with van der Waals surface area (Å²) in [7, 11) is 0. The maximum atomic E-state index is 14.0. The average Bonchev–Trinajstić information content (AvgIpc) is 3.12. The van der Waals surface area contributed by atoms with Crippen molar-refractivity contribution in [2.24, 2.45) is 0 Å². The number of fused-ring (bicyclic) bond motifs is 1. The summed E-state index contributed by atoms with van der Waals surface area (Å²) in [5, 5.41) is 15.0. The molecular formula is C21H13ClF4N2O. The van der Waals surface area contributed by atoms with Gasteiger partial charge in [-0.3, -0.25) is 0 Å². The number of para-hydroxylation sites is 1. The quantitative estimate of drug-likeness (QED) is 0.437. The third-order valence-corrected chi connectivity index (χ3v) is 5.04. The fraction of sp³-hybridized carbons (Fsp3) is 0.0952. The predicted octanol–water partition coefficient (Wildman–Crippen LogP) is 5.62. The van der Waals surface area contributed by atoms with Crippen molar-refractivity contribution in [1.29, 1.82) is 0 Å². The summed E-state index contributed by atoms with van der Waals surface area (Å²) < 4.78 is 57.3. The van der Waals surface area contributed by atoms with Crippen molar-refractivity contribution >= 4 is 22.5 Å². The fourth-order valence-corrected chi connectivity index (χ4v) is 3.37. The van der Waals surface area contributed by atoms with Crippen LogP contribution in [-0.2, 0) is 5.60 Å². The lowest BCUT2D eigenvalue weighted by Crippen LogP contribution is -2.43. The Labute approximate surface area is 167 Å². The number of nitrogens with zero attached hydrogens (tertiary/aromatic N) is 2. The Morgan fingerprint density at radius 2 is 1.55 bits per heavy atom. The van der Waals surface area contributed by atoms with Gasteiger partial charge in [-0.15, -0.1) is 0 Å². The first kappa shape index (κ1) is 19.4. The first-order valence-corrected chi connectivity index (χ1v) is 8.88. The van der Waals surface area contributed by atoms with Gasteiger partial charge >= 0.3 is 6.18 Å². The third-order valence-electron chi connectivity index (χ3n) is 4.73. The summed E-state index contributed by atoms with van der Waals surface area (Å²) in [6.45, 7) is 0. The minimum absolute atomic E-state index is 0.335. The number of aliphatic hydroxyl groups is 1. The second kappa shape index (κ2) is 6.86. The number of aromatic nitrogens is 2. The lowest BCUT2D eigenvalue weighted by Gasteiger charge is -2.31. The third kappa shape index (κ3) is 3.16. The van der Waals surface area contributed by atoms with E-state index in [2.05, 4.69) is 5.10 Å². The van der Waals surface area contributed by atoms with E-state index in [1.807, 2.05) is 30.3 Å². The van der Waals surface area contributed by atoms with Crippen molar-refractivity contribution < 1.29 is 22.7 Å². The number of halogens is 5. The number of benzene rings is 3. The second-order valence-corrected chi connectivity index (χ2v) is 6.91. The lowest BCUT2D eigenvalue weighted by molar-refractivity contribution is -0.248. The number of rotatable bonds is 3. The number of hydrogen-bond donors (Lipinski definition) is 1. The Morgan fingerprint density at radius 1 is 0.897 bits per heavy atom. The van der Waals surface area contributed by atoms with Gasteiger partial charge in [0.05, 0.1) is 22.4 Å². The molecule has 1 heterocycles. The van der Waals surface area contributed by atoms with Gasteiger partial charge in [-0.2, -0.15) is 18.3 Å². The van der Waals surface area contributed by atoms with Gasteiger partial charge in [0, 0.05) is 10.9 Å². The SMILES string of the molecule is OC(c1ccc(Cl)c(F)c1)(c1ccc2c(cnn2-c2ccccc2)c1)C(F)(F)F. The molecule has 0 saturated carbocycles. The molecule has 0 spiro atoms. The highest BCUT2D eigenvalue weighted by Crippen LogP contribution is 2.45. The molecule has 4 rings (SSSR count). The molecule has 0 amide bonds. The molecular weight excluding hydrogens is 408 g/mol. The fourth-order valence-electron chi connectivity index (χ4n) is 3.25. The Hall–Kier alpha value is -2.90. The van der Waals surface area contributed by atoms with Crippen LogP contribution in [-0.4, -0.2) is 21.1 Å². The van der Waals surface area contributed by atoms with Gasteiger partial charge in [-0.25, -0.2) is 9.07 Å². The molecule has 0 aliphatic carbocycles. The van der Waals surface area contributed by atoms with Gasteiger partial charge in [0.2, 0.25) is 5.60 Å². The molecule has 1 atom stereocenters. The van der Waals surface area contributed by atoms with Crippen molar-refractivity contribution in [3.05, 3.63) is 94.9 Å². The molecule has 0 fully saturated rings. The molecule has 0 radical (unpaired) electrons. The molecule has 29 heavy (non-hydrogen) atoms. The van der Waals surface area contributed by atoms with Gasteiger partial charge < -0.3 is 5.11 Å². The molecule has 1 N–H and O–H groups in total. The van der Waals surface area contributed by atoms with Gasteiger partial charge in [-0.1, -0.05) is 41.9 Å². The van der Waals surface area contributed by atoms with Crippen LogP contribution >= 0.6 is 11.6 Å². The minimum atomic E-state index is -5.10. The molecule has 3 aromatic carbocycles. The van der Waals surface area contributed by atoms with Crippen molar-refractivity contribution in [2.45, 2.75) is 11.8 Å². The van der Waals surface area contributed by atoms with Crippen LogP contribution in [0.15, 0.2) is 72.9 Å². The summed E-state index contributed by atoms with van der Waals surface area (Å²) in [4.78, 5) is 0. The van der Waals surface area contributed by atoms with Crippen LogP contribution in [0.5, 0.6) is 0 Å². The van der Waals surface area contributed by atoms with Gasteiger partial charge in [0.25, 0.3) is 0 Å². The van der Waals surface area contributed by atoms with Crippen molar-refractivity contribution in [3.8, 4) is 5.69 Å². The van der Waals surface area contributed by atoms with E-state index < -0.39 is 28.7 Å². The predicted molar refractivity (Wildman–Crippen MR) is 102 cm³/mol. The maximum absolute atomic E-state index is 14.0. The smallest absolute Gasteiger partial charge is 0.372 e. The zero-order chi connectivity index (χ0) is 20.8. The molecule has 3 nitrogen and oxygen atoms in total. The van der Waals surface area contributed by atoms with E-state index in [-0.39, 0.29) is 5.02 Å². The molecule has 8 heteroatoms. The van der Waals surface area contributed by atoms with Gasteiger partial charge in [-0.05, 0) is 42.0 Å². The monoisotopic (exact) mass is 420 g/mol. The summed E-state index contributed by atoms with van der Waals surface area (Å²) in [6.07, 6.45) is -3.69. The van der Waals surface area contributed by atoms with Crippen LogP contribution in [0.1, 0.15) is 11.1 Å². The van der Waals surface area contributed by atoms with E-state index >= 15 is 0 Å². The van der Waals surface area contributed by atoms with Crippen LogP contribution in [0.3, 0.4) is 0 Å². The summed E-state index contributed by atoms with van der Waals surface area (Å²) in [5.74, 6) is -1.05. The van der Waals surface area contributed by atoms with Crippen molar-refractivity contribution in [2.75, 3.05) is 0 Å². The zero-order valence-corrected chi connectivity index (χ0v) is 15.4. The molecule has 1 unspecified atom stereocenters. The Morgan fingerprint density at radius 3 is 2.21 bits per heavy atom. The van der Waals surface area contributed by atoms with Crippen LogP contribution in [0.25, 0.3) is 16.6 Å². The summed E-state index contributed by atoms with van der Waals surface area (Å²) >= 11 is 5.58. The van der Waals surface area contributed by atoms with Gasteiger partial charge in [0.15, 0.2) is 0 Å². The highest BCUT2D eigenvalue weighted by atomic mass is 35.5. The van der Waals surface area contributed by atoms with E-state index in [1.54, 1.807) is 4.68 Å². The normalized spacial score (nSPS) is 14.1. The molecule has 0 saturated heterocycles. The maximum Gasteiger partial charge on any atom is 0.425 e. The molecule has 148 valence electrons. The van der Waals surface area contributed by atoms with Crippen molar-refractivity contribution in [3.63, 3.8) is 0 Å². The summed E-state index contributed by atoms with van der Waals surface area (Å²) in [6, 6.07) is 15.4. The van der Waals surface area contributed by atoms with E-state index in [0.717, 1.165) is 23.9 Å². The summed E-state index contributed by atoms with van der Waals surface area (Å²) in [5.41, 5.74) is -3.23. The van der Waals surface area contributed by atoms with E-state index in [4.69, 9.17) is 11.6 Å². The number of alkyl halides is 3.